The number of anilines is 2. The summed E-state index contributed by atoms with van der Waals surface area (Å²) < 4.78 is 47.2. The normalized spacial score (nSPS) is 15.3. The van der Waals surface area contributed by atoms with Crippen LogP contribution in [0.4, 0.5) is 21.2 Å². The van der Waals surface area contributed by atoms with Gasteiger partial charge in [0.2, 0.25) is 0 Å². The molecule has 0 aliphatic carbocycles. The largest absolute Gasteiger partial charge is 0.491 e. The molecule has 17 heteroatoms. The third-order valence-corrected chi connectivity index (χ3v) is 13.5. The van der Waals surface area contributed by atoms with Crippen LogP contribution in [0, 0.1) is 24.6 Å². The minimum absolute atomic E-state index is 0.140. The van der Waals surface area contributed by atoms with Crippen LogP contribution in [0.2, 0.25) is 25.7 Å². The van der Waals surface area contributed by atoms with Crippen molar-refractivity contribution in [3.05, 3.63) is 80.8 Å². The Bertz CT molecular complexity index is 2430. The average Bonchev–Trinajstić information content (AvgIpc) is 3.90. The lowest BCUT2D eigenvalue weighted by Gasteiger charge is -2.23. The molecule has 13 nitrogen and oxygen atoms in total. The Morgan fingerprint density at radius 3 is 2.62 bits per heavy atom. The summed E-state index contributed by atoms with van der Waals surface area (Å²) in [5.74, 6) is 5.42. The fourth-order valence-electron chi connectivity index (χ4n) is 6.34. The maximum absolute atomic E-state index is 14.9. The van der Waals surface area contributed by atoms with Crippen LogP contribution in [0.15, 0.2) is 53.5 Å². The van der Waals surface area contributed by atoms with Crippen molar-refractivity contribution in [1.82, 2.24) is 24.6 Å². The first-order valence-electron chi connectivity index (χ1n) is 20.4. The van der Waals surface area contributed by atoms with Crippen molar-refractivity contribution in [2.24, 2.45) is 4.99 Å². The van der Waals surface area contributed by atoms with Crippen LogP contribution in [-0.2, 0) is 32.1 Å². The molecule has 0 radical (unpaired) electrons. The van der Waals surface area contributed by atoms with Gasteiger partial charge in [-0.05, 0) is 102 Å². The van der Waals surface area contributed by atoms with Crippen LogP contribution < -0.4 is 14.4 Å². The number of methoxy groups -OCH3 is 1. The summed E-state index contributed by atoms with van der Waals surface area (Å²) in [5.41, 5.74) is 2.64. The summed E-state index contributed by atoms with van der Waals surface area (Å²) in [7, 11) is 3.93. The fourth-order valence-corrected chi connectivity index (χ4v) is 9.24. The number of carbonyl (C=O) groups is 1. The number of para-hydroxylation sites is 1. The van der Waals surface area contributed by atoms with Gasteiger partial charge in [-0.25, -0.2) is 14.2 Å². The molecule has 61 heavy (non-hydrogen) atoms. The van der Waals surface area contributed by atoms with Crippen molar-refractivity contribution >= 4 is 63.7 Å². The second-order valence-electron chi connectivity index (χ2n) is 16.7. The zero-order chi connectivity index (χ0) is 43.7. The van der Waals surface area contributed by atoms with E-state index in [1.165, 1.54) is 24.5 Å². The summed E-state index contributed by atoms with van der Waals surface area (Å²) >= 11 is 2.94. The van der Waals surface area contributed by atoms with Gasteiger partial charge in [0.1, 0.15) is 6.73 Å². The van der Waals surface area contributed by atoms with Crippen LogP contribution in [0.3, 0.4) is 0 Å². The van der Waals surface area contributed by atoms with Gasteiger partial charge in [0.25, 0.3) is 0 Å². The molecule has 0 amide bonds. The Morgan fingerprint density at radius 1 is 1.11 bits per heavy atom. The molecule has 326 valence electrons. The van der Waals surface area contributed by atoms with Crippen molar-refractivity contribution in [2.75, 3.05) is 59.0 Å². The zero-order valence-electron chi connectivity index (χ0n) is 36.5. The number of aryl methyl sites for hydroxylation is 2. The smallest absolute Gasteiger partial charge is 0.357 e. The summed E-state index contributed by atoms with van der Waals surface area (Å²) in [4.78, 5) is 28.3. The number of thiazole rings is 2. The molecule has 1 unspecified atom stereocenters. The quantitative estimate of drug-likeness (QED) is 0.0365. The molecule has 1 aliphatic rings. The van der Waals surface area contributed by atoms with Crippen LogP contribution >= 0.6 is 22.7 Å². The molecular formula is C44H56FN7O6S2Si. The lowest BCUT2D eigenvalue weighted by molar-refractivity contribution is -0.138. The second-order valence-corrected chi connectivity index (χ2v) is 24.4. The number of benzene rings is 2. The SMILES string of the molecule is COC(=O)c1nc(N(CCC2COC(C)(C)O2)c2cc(C)c(/N=c3\sc4ccccc4n3COCC[Si](C)(C)C)nn2)sc1CCCOc1ccc(C#CCN(C)C)cc1F. The van der Waals surface area contributed by atoms with E-state index >= 15 is 0 Å². The number of esters is 1. The maximum atomic E-state index is 14.9. The molecule has 3 aromatic heterocycles. The van der Waals surface area contributed by atoms with Crippen LogP contribution in [0.1, 0.15) is 53.2 Å². The maximum Gasteiger partial charge on any atom is 0.357 e. The number of carbonyl (C=O) groups excluding carboxylic acids is 1. The number of halogens is 1. The molecule has 0 N–H and O–H groups in total. The Kier molecular flexibility index (Phi) is 15.5. The number of aromatic nitrogens is 4. The molecule has 0 bridgehead atoms. The monoisotopic (exact) mass is 889 g/mol. The first kappa shape index (κ1) is 46.0. The van der Waals surface area contributed by atoms with Crippen molar-refractivity contribution < 1.29 is 32.9 Å². The van der Waals surface area contributed by atoms with Gasteiger partial charge in [0, 0.05) is 31.7 Å². The molecule has 0 spiro atoms. The molecule has 0 saturated carbocycles. The van der Waals surface area contributed by atoms with Crippen LogP contribution in [0.25, 0.3) is 10.2 Å². The first-order valence-corrected chi connectivity index (χ1v) is 25.7. The van der Waals surface area contributed by atoms with Gasteiger partial charge < -0.3 is 28.6 Å². The highest BCUT2D eigenvalue weighted by molar-refractivity contribution is 7.16. The lowest BCUT2D eigenvalue weighted by Crippen LogP contribution is -2.26. The van der Waals surface area contributed by atoms with Crippen LogP contribution in [-0.4, -0.2) is 105 Å². The minimum atomic E-state index is -1.25. The van der Waals surface area contributed by atoms with E-state index in [4.69, 9.17) is 33.7 Å². The Labute approximate surface area is 366 Å². The number of ether oxygens (including phenoxy) is 5. The average molecular weight is 890 g/mol. The molecule has 1 fully saturated rings. The number of nitrogens with zero attached hydrogens (tertiary/aromatic N) is 7. The van der Waals surface area contributed by atoms with Gasteiger partial charge in [-0.2, -0.15) is 4.99 Å². The molecule has 1 aliphatic heterocycles. The summed E-state index contributed by atoms with van der Waals surface area (Å²) in [6, 6.07) is 15.9. The topological polar surface area (TPSA) is 126 Å². The number of fused-ring (bicyclic) bond motifs is 1. The van der Waals surface area contributed by atoms with Gasteiger partial charge >= 0.3 is 5.97 Å². The molecule has 4 heterocycles. The van der Waals surface area contributed by atoms with Gasteiger partial charge in [0.05, 0.1) is 43.2 Å². The molecule has 6 rings (SSSR count). The van der Waals surface area contributed by atoms with Gasteiger partial charge in [-0.3, -0.25) is 9.47 Å². The van der Waals surface area contributed by atoms with E-state index < -0.39 is 25.6 Å². The Hall–Kier alpha value is -4.54. The standard InChI is InChI=1S/C44H56FN7O6S2Si/c1-30-26-38(48-49-40(30)47-43-52(29-55-24-25-61(7,8)9)34-15-10-11-16-36(34)59-43)51(22-20-32-28-57-44(2,3)58-32)42-46-39(41(53)54-6)37(60-42)17-13-23-56-35-19-18-31(27-33(35)45)14-12-21-50(4)5/h10-11,15-16,18-19,26-27,32H,13,17,20-25,28-29H2,1-9H3/b47-43-. The lowest BCUT2D eigenvalue weighted by atomic mass is 10.2. The molecular weight excluding hydrogens is 834 g/mol. The second kappa shape index (κ2) is 20.6. The van der Waals surface area contributed by atoms with E-state index in [1.807, 2.05) is 62.9 Å². The number of rotatable bonds is 18. The first-order chi connectivity index (χ1) is 29.1. The van der Waals surface area contributed by atoms with E-state index in [0.29, 0.717) is 79.5 Å². The van der Waals surface area contributed by atoms with E-state index in [2.05, 4.69) is 58.4 Å². The van der Waals surface area contributed by atoms with E-state index in [1.54, 1.807) is 23.5 Å². The van der Waals surface area contributed by atoms with E-state index in [0.717, 1.165) is 26.6 Å². The zero-order valence-corrected chi connectivity index (χ0v) is 39.2. The summed E-state index contributed by atoms with van der Waals surface area (Å²) in [6.07, 6.45) is 1.37. The predicted octanol–water partition coefficient (Wildman–Crippen LogP) is 8.33. The van der Waals surface area contributed by atoms with Crippen molar-refractivity contribution in [3.8, 4) is 17.6 Å². The molecule has 5 aromatic rings. The molecule has 1 saturated heterocycles. The third-order valence-electron chi connectivity index (χ3n) is 9.63. The highest BCUT2D eigenvalue weighted by atomic mass is 32.1. The highest BCUT2D eigenvalue weighted by Gasteiger charge is 2.33. The third kappa shape index (κ3) is 12.8. The summed E-state index contributed by atoms with van der Waals surface area (Å²) in [6.45, 7) is 15.5. The summed E-state index contributed by atoms with van der Waals surface area (Å²) in [5, 5.41) is 9.87. The highest BCUT2D eigenvalue weighted by Crippen LogP contribution is 2.35. The Morgan fingerprint density at radius 2 is 1.92 bits per heavy atom. The van der Waals surface area contributed by atoms with Crippen molar-refractivity contribution in [3.63, 3.8) is 0 Å². The molecule has 1 atom stereocenters. The van der Waals surface area contributed by atoms with E-state index in [9.17, 15) is 9.18 Å². The molecule has 2 aromatic carbocycles. The number of hydrogen-bond donors (Lipinski definition) is 0. The van der Waals surface area contributed by atoms with E-state index in [-0.39, 0.29) is 24.2 Å². The van der Waals surface area contributed by atoms with Gasteiger partial charge in [-0.15, -0.1) is 21.5 Å². The van der Waals surface area contributed by atoms with Crippen molar-refractivity contribution in [2.45, 2.75) is 84.3 Å². The number of hydrogen-bond acceptors (Lipinski definition) is 14. The van der Waals surface area contributed by atoms with Gasteiger partial charge in [0.15, 0.2) is 44.6 Å². The van der Waals surface area contributed by atoms with Crippen molar-refractivity contribution in [1.29, 1.82) is 0 Å². The van der Waals surface area contributed by atoms with Crippen LogP contribution in [0.5, 0.6) is 5.75 Å². The fraction of sp³-hybridized carbons (Fsp3) is 0.477. The van der Waals surface area contributed by atoms with Gasteiger partial charge in [-0.1, -0.05) is 55.0 Å². The predicted molar refractivity (Wildman–Crippen MR) is 242 cm³/mol. The minimum Gasteiger partial charge on any atom is -0.491 e. The Balaban J connectivity index is 1.24.